The van der Waals surface area contributed by atoms with Gasteiger partial charge in [-0.3, -0.25) is 0 Å². The van der Waals surface area contributed by atoms with Gasteiger partial charge in [-0.1, -0.05) is 17.7 Å². The molecular weight excluding hydrogens is 280 g/mol. The molecule has 0 aliphatic carbocycles. The average molecular weight is 287 g/mol. The molecule has 6 nitrogen and oxygen atoms in total. The van der Waals surface area contributed by atoms with E-state index in [4.69, 9.17) is 22.1 Å². The Bertz CT molecular complexity index is 679. The monoisotopic (exact) mass is 286 g/mol. The van der Waals surface area contributed by atoms with E-state index in [0.717, 1.165) is 6.08 Å². The van der Waals surface area contributed by atoms with Crippen molar-refractivity contribution in [3.8, 4) is 5.75 Å². The number of carbonyl (C=O) groups is 1. The van der Waals surface area contributed by atoms with Crippen molar-refractivity contribution in [2.75, 3.05) is 0 Å². The van der Waals surface area contributed by atoms with Crippen LogP contribution in [0.1, 0.15) is 0 Å². The summed E-state index contributed by atoms with van der Waals surface area (Å²) in [7, 11) is -4.05. The Morgan fingerprint density at radius 3 is 2.67 bits per heavy atom. The van der Waals surface area contributed by atoms with Crippen molar-refractivity contribution in [3.63, 3.8) is 0 Å². The number of rotatable bonds is 2. The zero-order valence-corrected chi connectivity index (χ0v) is 10.4. The lowest BCUT2D eigenvalue weighted by Crippen LogP contribution is -2.15. The molecule has 1 aromatic rings. The second-order valence-corrected chi connectivity index (χ2v) is 5.36. The third-order valence-electron chi connectivity index (χ3n) is 1.99. The minimum absolute atomic E-state index is 0.133. The van der Waals surface area contributed by atoms with Gasteiger partial charge in [-0.2, -0.15) is 8.42 Å². The van der Waals surface area contributed by atoms with Gasteiger partial charge in [0.1, 0.15) is 11.6 Å². The van der Waals surface area contributed by atoms with Crippen molar-refractivity contribution in [2.24, 2.45) is 10.1 Å². The van der Waals surface area contributed by atoms with Crippen LogP contribution in [0.3, 0.4) is 0 Å². The summed E-state index contributed by atoms with van der Waals surface area (Å²) >= 11 is 5.70. The first-order chi connectivity index (χ1) is 8.38. The van der Waals surface area contributed by atoms with Gasteiger partial charge in [-0.05, 0) is 18.2 Å². The van der Waals surface area contributed by atoms with Crippen molar-refractivity contribution in [1.29, 1.82) is 0 Å². The van der Waals surface area contributed by atoms with Gasteiger partial charge in [-0.25, -0.2) is 4.79 Å². The maximum absolute atomic E-state index is 11.6. The molecule has 0 saturated heterocycles. The summed E-state index contributed by atoms with van der Waals surface area (Å²) < 4.78 is 30.8. The normalized spacial score (nSPS) is 16.9. The second kappa shape index (κ2) is 4.43. The predicted octanol–water partition coefficient (Wildman–Crippen LogP) is 0.830. The van der Waals surface area contributed by atoms with Crippen LogP contribution >= 0.6 is 11.6 Å². The van der Waals surface area contributed by atoms with Crippen LogP contribution in [0.4, 0.5) is 0 Å². The molecule has 0 amide bonds. The molecule has 8 heteroatoms. The molecule has 0 bridgehead atoms. The summed E-state index contributed by atoms with van der Waals surface area (Å²) in [4.78, 5) is 11.0. The SMILES string of the molecule is NC1=NS(=O)(=O)C(C(=O)Oc2cccc(Cl)c2)=C1. The fourth-order valence-electron chi connectivity index (χ4n) is 1.28. The summed E-state index contributed by atoms with van der Waals surface area (Å²) in [6, 6.07) is 6.00. The van der Waals surface area contributed by atoms with Crippen LogP contribution in [0.2, 0.25) is 5.02 Å². The van der Waals surface area contributed by atoms with Crippen LogP contribution in [-0.2, 0) is 14.8 Å². The standard InChI is InChI=1S/C10H7ClN2O4S/c11-6-2-1-3-7(4-6)17-10(14)8-5-9(12)13-18(8,15)16/h1-5H,(H2,12,13). The Labute approximate surface area is 108 Å². The van der Waals surface area contributed by atoms with Gasteiger partial charge in [0.05, 0.1) is 0 Å². The highest BCUT2D eigenvalue weighted by Crippen LogP contribution is 2.21. The Morgan fingerprint density at radius 2 is 2.11 bits per heavy atom. The molecule has 0 fully saturated rings. The quantitative estimate of drug-likeness (QED) is 0.641. The molecule has 0 aromatic heterocycles. The molecular formula is C10H7ClN2O4S. The van der Waals surface area contributed by atoms with Crippen molar-refractivity contribution < 1.29 is 17.9 Å². The number of benzene rings is 1. The number of hydrogen-bond acceptors (Lipinski definition) is 5. The molecule has 0 unspecified atom stereocenters. The molecule has 1 aromatic carbocycles. The molecule has 1 aliphatic heterocycles. The van der Waals surface area contributed by atoms with Crippen LogP contribution in [-0.4, -0.2) is 20.2 Å². The maximum atomic E-state index is 11.6. The van der Waals surface area contributed by atoms with Crippen LogP contribution < -0.4 is 10.5 Å². The Balaban J connectivity index is 2.23. The van der Waals surface area contributed by atoms with Gasteiger partial charge >= 0.3 is 5.97 Å². The highest BCUT2D eigenvalue weighted by atomic mass is 35.5. The molecule has 1 heterocycles. The largest absolute Gasteiger partial charge is 0.422 e. The molecule has 94 valence electrons. The van der Waals surface area contributed by atoms with E-state index in [1.807, 2.05) is 0 Å². The van der Waals surface area contributed by atoms with E-state index in [9.17, 15) is 13.2 Å². The summed E-state index contributed by atoms with van der Waals surface area (Å²) in [5.74, 6) is -1.18. The van der Waals surface area contributed by atoms with E-state index < -0.39 is 20.9 Å². The molecule has 0 radical (unpaired) electrons. The van der Waals surface area contributed by atoms with Gasteiger partial charge in [-0.15, -0.1) is 4.40 Å². The van der Waals surface area contributed by atoms with E-state index in [0.29, 0.717) is 5.02 Å². The minimum atomic E-state index is -4.05. The Morgan fingerprint density at radius 1 is 1.39 bits per heavy atom. The summed E-state index contributed by atoms with van der Waals surface area (Å²) in [5.41, 5.74) is 5.22. The van der Waals surface area contributed by atoms with Crippen molar-refractivity contribution in [1.82, 2.24) is 0 Å². The average Bonchev–Trinajstić information content (AvgIpc) is 2.51. The first kappa shape index (κ1) is 12.6. The third kappa shape index (κ3) is 2.52. The predicted molar refractivity (Wildman–Crippen MR) is 65.7 cm³/mol. The molecule has 0 saturated carbocycles. The molecule has 18 heavy (non-hydrogen) atoms. The smallest absolute Gasteiger partial charge is 0.357 e. The fraction of sp³-hybridized carbons (Fsp3) is 0. The van der Waals surface area contributed by atoms with Crippen molar-refractivity contribution in [2.45, 2.75) is 0 Å². The number of esters is 1. The summed E-state index contributed by atoms with van der Waals surface area (Å²) in [6.07, 6.45) is 0.947. The molecule has 2 N–H and O–H groups in total. The molecule has 2 rings (SSSR count). The van der Waals surface area contributed by atoms with E-state index in [1.54, 1.807) is 12.1 Å². The zero-order chi connectivity index (χ0) is 13.3. The number of carbonyl (C=O) groups excluding carboxylic acids is 1. The number of hydrogen-bond donors (Lipinski definition) is 1. The minimum Gasteiger partial charge on any atom is -0.422 e. The second-order valence-electron chi connectivity index (χ2n) is 3.35. The van der Waals surface area contributed by atoms with Crippen LogP contribution in [0.15, 0.2) is 39.6 Å². The summed E-state index contributed by atoms with van der Waals surface area (Å²) in [5, 5.41) is 0.360. The molecule has 1 aliphatic rings. The van der Waals surface area contributed by atoms with Crippen molar-refractivity contribution >= 4 is 33.4 Å². The maximum Gasteiger partial charge on any atom is 0.357 e. The van der Waals surface area contributed by atoms with E-state index in [1.165, 1.54) is 12.1 Å². The topological polar surface area (TPSA) is 98.8 Å². The number of nitrogens with zero attached hydrogens (tertiary/aromatic N) is 1. The van der Waals surface area contributed by atoms with Gasteiger partial charge in [0, 0.05) is 11.1 Å². The van der Waals surface area contributed by atoms with E-state index in [2.05, 4.69) is 4.40 Å². The third-order valence-corrected chi connectivity index (χ3v) is 3.52. The van der Waals surface area contributed by atoms with Crippen LogP contribution in [0, 0.1) is 0 Å². The number of amidine groups is 1. The van der Waals surface area contributed by atoms with Gasteiger partial charge in [0.2, 0.25) is 0 Å². The van der Waals surface area contributed by atoms with Crippen molar-refractivity contribution in [3.05, 3.63) is 40.3 Å². The number of nitrogens with two attached hydrogens (primary N) is 1. The fourth-order valence-corrected chi connectivity index (χ4v) is 2.41. The highest BCUT2D eigenvalue weighted by molar-refractivity contribution is 7.95. The number of ether oxygens (including phenoxy) is 1. The van der Waals surface area contributed by atoms with Gasteiger partial charge in [0.15, 0.2) is 4.91 Å². The lowest BCUT2D eigenvalue weighted by Gasteiger charge is -2.03. The zero-order valence-electron chi connectivity index (χ0n) is 8.83. The highest BCUT2D eigenvalue weighted by Gasteiger charge is 2.31. The summed E-state index contributed by atoms with van der Waals surface area (Å²) in [6.45, 7) is 0. The number of halogens is 1. The van der Waals surface area contributed by atoms with E-state index >= 15 is 0 Å². The molecule has 0 atom stereocenters. The first-order valence-electron chi connectivity index (χ1n) is 4.68. The first-order valence-corrected chi connectivity index (χ1v) is 6.50. The van der Waals surface area contributed by atoms with Crippen LogP contribution in [0.5, 0.6) is 5.75 Å². The van der Waals surface area contributed by atoms with E-state index in [-0.39, 0.29) is 11.6 Å². The molecule has 0 spiro atoms. The van der Waals surface area contributed by atoms with Crippen LogP contribution in [0.25, 0.3) is 0 Å². The van der Waals surface area contributed by atoms with Gasteiger partial charge < -0.3 is 10.5 Å². The van der Waals surface area contributed by atoms with Gasteiger partial charge in [0.25, 0.3) is 10.0 Å². The lowest BCUT2D eigenvalue weighted by molar-refractivity contribution is -0.129. The Kier molecular flexibility index (Phi) is 3.10. The number of sulfonamides is 1. The Hall–Kier alpha value is -1.86. The lowest BCUT2D eigenvalue weighted by atomic mass is 10.3.